The van der Waals surface area contributed by atoms with Gasteiger partial charge in [0.2, 0.25) is 0 Å². The van der Waals surface area contributed by atoms with E-state index >= 15 is 0 Å². The number of nitrogens with zero attached hydrogens (tertiary/aromatic N) is 1. The summed E-state index contributed by atoms with van der Waals surface area (Å²) in [7, 11) is 1.69. The van der Waals surface area contributed by atoms with Crippen molar-refractivity contribution in [2.24, 2.45) is 5.41 Å². The summed E-state index contributed by atoms with van der Waals surface area (Å²) in [4.78, 5) is 13.5. The quantitative estimate of drug-likeness (QED) is 0.489. The lowest BCUT2D eigenvalue weighted by atomic mass is 9.76. The molecule has 0 saturated carbocycles. The molecular weight excluding hydrogens is 398 g/mol. The van der Waals surface area contributed by atoms with Crippen LogP contribution >= 0.6 is 0 Å². The second-order valence-corrected chi connectivity index (χ2v) is 9.62. The molecule has 0 fully saturated rings. The Labute approximate surface area is 190 Å². The number of carboxylic acid groups (broad SMARTS) is 1. The first-order valence-electron chi connectivity index (χ1n) is 11.1. The van der Waals surface area contributed by atoms with Crippen LogP contribution in [0.25, 0.3) is 22.3 Å². The average molecular weight is 430 g/mol. The highest BCUT2D eigenvalue weighted by Gasteiger charge is 2.38. The van der Waals surface area contributed by atoms with Crippen molar-refractivity contribution in [2.45, 2.75) is 40.2 Å². The molecule has 0 spiro atoms. The Hall–Kier alpha value is -3.27. The molecule has 0 aliphatic carbocycles. The third-order valence-corrected chi connectivity index (χ3v) is 6.46. The maximum Gasteiger partial charge on any atom is 0.407 e. The Bertz CT molecular complexity index is 1160. The van der Waals surface area contributed by atoms with Crippen LogP contribution < -0.4 is 4.74 Å². The van der Waals surface area contributed by atoms with Crippen LogP contribution in [0, 0.1) is 12.3 Å². The fourth-order valence-electron chi connectivity index (χ4n) is 4.99. The van der Waals surface area contributed by atoms with E-state index in [1.165, 1.54) is 27.8 Å². The fourth-order valence-corrected chi connectivity index (χ4v) is 4.99. The van der Waals surface area contributed by atoms with E-state index in [4.69, 9.17) is 4.74 Å². The van der Waals surface area contributed by atoms with Crippen LogP contribution in [0.3, 0.4) is 0 Å². The van der Waals surface area contributed by atoms with Crippen LogP contribution in [0.4, 0.5) is 4.79 Å². The van der Waals surface area contributed by atoms with E-state index in [2.05, 4.69) is 76.2 Å². The van der Waals surface area contributed by atoms with Crippen molar-refractivity contribution in [3.8, 4) is 28.0 Å². The minimum atomic E-state index is -0.846. The molecule has 0 saturated heterocycles. The normalized spacial score (nSPS) is 15.9. The number of benzene rings is 3. The zero-order valence-corrected chi connectivity index (χ0v) is 19.5. The van der Waals surface area contributed by atoms with Gasteiger partial charge in [-0.2, -0.15) is 0 Å². The average Bonchev–Trinajstić information content (AvgIpc) is 2.77. The Morgan fingerprint density at radius 1 is 1.00 bits per heavy atom. The summed E-state index contributed by atoms with van der Waals surface area (Å²) < 4.78 is 5.41. The summed E-state index contributed by atoms with van der Waals surface area (Å²) in [6, 6.07) is 20.9. The number of amides is 1. The fraction of sp³-hybridized carbons (Fsp3) is 0.321. The first-order valence-corrected chi connectivity index (χ1v) is 11.1. The van der Waals surface area contributed by atoms with E-state index in [9.17, 15) is 9.90 Å². The molecule has 4 nitrogen and oxygen atoms in total. The molecule has 3 aromatic rings. The van der Waals surface area contributed by atoms with Gasteiger partial charge in [-0.15, -0.1) is 0 Å². The molecule has 1 amide bonds. The van der Waals surface area contributed by atoms with Crippen molar-refractivity contribution in [2.75, 3.05) is 13.7 Å². The monoisotopic (exact) mass is 429 g/mol. The predicted molar refractivity (Wildman–Crippen MR) is 129 cm³/mol. The highest BCUT2D eigenvalue weighted by Crippen LogP contribution is 2.43. The Morgan fingerprint density at radius 2 is 1.66 bits per heavy atom. The molecule has 1 aliphatic rings. The topological polar surface area (TPSA) is 49.8 Å². The van der Waals surface area contributed by atoms with Gasteiger partial charge < -0.3 is 14.7 Å². The molecule has 4 rings (SSSR count). The maximum atomic E-state index is 11.9. The summed E-state index contributed by atoms with van der Waals surface area (Å²) in [5, 5.41) is 9.76. The van der Waals surface area contributed by atoms with E-state index in [-0.39, 0.29) is 11.5 Å². The van der Waals surface area contributed by atoms with Crippen LogP contribution in [-0.2, 0) is 6.42 Å². The number of methoxy groups -OCH3 is 1. The van der Waals surface area contributed by atoms with Gasteiger partial charge in [0.05, 0.1) is 13.2 Å². The number of hydrogen-bond donors (Lipinski definition) is 1. The van der Waals surface area contributed by atoms with Crippen LogP contribution in [0.2, 0.25) is 0 Å². The molecule has 1 N–H and O–H groups in total. The number of carbonyl (C=O) groups is 1. The van der Waals surface area contributed by atoms with E-state index in [1.807, 2.05) is 12.1 Å². The largest absolute Gasteiger partial charge is 0.497 e. The summed E-state index contributed by atoms with van der Waals surface area (Å²) in [5.74, 6) is 0.845. The van der Waals surface area contributed by atoms with Crippen LogP contribution in [0.1, 0.15) is 43.5 Å². The van der Waals surface area contributed by atoms with Crippen molar-refractivity contribution < 1.29 is 14.6 Å². The highest BCUT2D eigenvalue weighted by molar-refractivity contribution is 5.79. The molecule has 32 heavy (non-hydrogen) atoms. The lowest BCUT2D eigenvalue weighted by Gasteiger charge is -2.43. The molecule has 166 valence electrons. The lowest BCUT2D eigenvalue weighted by Crippen LogP contribution is -2.44. The number of hydrogen-bond acceptors (Lipinski definition) is 2. The van der Waals surface area contributed by atoms with E-state index in [0.29, 0.717) is 6.54 Å². The second kappa shape index (κ2) is 8.34. The van der Waals surface area contributed by atoms with Crippen molar-refractivity contribution >= 4 is 6.09 Å². The standard InChI is InChI=1S/C28H31NO3/c1-18-23(19-8-6-9-22(17-19)32-5)10-7-11-24(18)20-12-13-25-21(16-20)14-15-29(27(30)31)26(25)28(2,3)4/h6-13,16-17,26H,14-15H2,1-5H3,(H,30,31). The summed E-state index contributed by atoms with van der Waals surface area (Å²) in [5.41, 5.74) is 8.08. The minimum absolute atomic E-state index is 0.151. The van der Waals surface area contributed by atoms with Crippen molar-refractivity contribution in [3.63, 3.8) is 0 Å². The summed E-state index contributed by atoms with van der Waals surface area (Å²) >= 11 is 0. The van der Waals surface area contributed by atoms with Gasteiger partial charge in [0.15, 0.2) is 0 Å². The molecule has 3 aromatic carbocycles. The molecule has 1 aliphatic heterocycles. The minimum Gasteiger partial charge on any atom is -0.497 e. The van der Waals surface area contributed by atoms with Gasteiger partial charge in [-0.1, -0.05) is 69.3 Å². The number of ether oxygens (including phenoxy) is 1. The van der Waals surface area contributed by atoms with Gasteiger partial charge >= 0.3 is 6.09 Å². The van der Waals surface area contributed by atoms with E-state index in [0.717, 1.165) is 23.3 Å². The predicted octanol–water partition coefficient (Wildman–Crippen LogP) is 6.96. The molecule has 1 unspecified atom stereocenters. The van der Waals surface area contributed by atoms with Crippen LogP contribution in [0.15, 0.2) is 60.7 Å². The van der Waals surface area contributed by atoms with Gasteiger partial charge in [0.1, 0.15) is 5.75 Å². The summed E-state index contributed by atoms with van der Waals surface area (Å²) in [6.45, 7) is 9.01. The first kappa shape index (κ1) is 21.9. The smallest absolute Gasteiger partial charge is 0.407 e. The summed E-state index contributed by atoms with van der Waals surface area (Å²) in [6.07, 6.45) is -0.113. The SMILES string of the molecule is COc1cccc(-c2cccc(-c3ccc4c(c3)CCN(C(=O)O)C4C(C)(C)C)c2C)c1. The van der Waals surface area contributed by atoms with Crippen molar-refractivity contribution in [3.05, 3.63) is 77.4 Å². The van der Waals surface area contributed by atoms with Gasteiger partial charge in [0.25, 0.3) is 0 Å². The Morgan fingerprint density at radius 3 is 2.28 bits per heavy atom. The molecule has 0 radical (unpaired) electrons. The van der Waals surface area contributed by atoms with E-state index < -0.39 is 6.09 Å². The third kappa shape index (κ3) is 3.97. The highest BCUT2D eigenvalue weighted by atomic mass is 16.5. The zero-order valence-electron chi connectivity index (χ0n) is 19.5. The Kier molecular flexibility index (Phi) is 5.72. The van der Waals surface area contributed by atoms with Crippen LogP contribution in [-0.4, -0.2) is 29.8 Å². The van der Waals surface area contributed by atoms with Gasteiger partial charge in [-0.05, 0) is 69.8 Å². The molecule has 0 aromatic heterocycles. The molecule has 1 atom stereocenters. The molecular formula is C28H31NO3. The molecule has 1 heterocycles. The van der Waals surface area contributed by atoms with Gasteiger partial charge in [0, 0.05) is 6.54 Å². The second-order valence-electron chi connectivity index (χ2n) is 9.62. The first-order chi connectivity index (χ1) is 15.2. The lowest BCUT2D eigenvalue weighted by molar-refractivity contribution is 0.0759. The number of rotatable bonds is 3. The van der Waals surface area contributed by atoms with Gasteiger partial charge in [-0.25, -0.2) is 4.79 Å². The van der Waals surface area contributed by atoms with Crippen molar-refractivity contribution in [1.29, 1.82) is 0 Å². The Balaban J connectivity index is 1.78. The van der Waals surface area contributed by atoms with Gasteiger partial charge in [-0.3, -0.25) is 0 Å². The molecule has 4 heteroatoms. The third-order valence-electron chi connectivity index (χ3n) is 6.46. The zero-order chi connectivity index (χ0) is 23.0. The van der Waals surface area contributed by atoms with Crippen molar-refractivity contribution in [1.82, 2.24) is 4.90 Å². The van der Waals surface area contributed by atoms with Crippen LogP contribution in [0.5, 0.6) is 5.75 Å². The maximum absolute atomic E-state index is 11.9. The number of fused-ring (bicyclic) bond motifs is 1. The van der Waals surface area contributed by atoms with E-state index in [1.54, 1.807) is 12.0 Å². The molecule has 0 bridgehead atoms.